The van der Waals surface area contributed by atoms with Crippen molar-refractivity contribution in [2.24, 2.45) is 0 Å². The summed E-state index contributed by atoms with van der Waals surface area (Å²) in [4.78, 5) is 23.2. The molecule has 8 nitrogen and oxygen atoms in total. The van der Waals surface area contributed by atoms with Crippen molar-refractivity contribution >= 4 is 40.1 Å². The summed E-state index contributed by atoms with van der Waals surface area (Å²) in [5.41, 5.74) is 4.34. The number of aliphatic carboxylic acids is 1. The van der Waals surface area contributed by atoms with Crippen LogP contribution in [0.5, 0.6) is 0 Å². The molecular weight excluding hydrogens is 473 g/mol. The molecule has 0 saturated heterocycles. The van der Waals surface area contributed by atoms with E-state index >= 15 is 0 Å². The molecule has 1 aliphatic rings. The smallest absolute Gasteiger partial charge is 0.475 e. The number of β-amino-alcohol motifs (C(OH)–C–C–N with tert-alkyl or cyclic N) is 1. The van der Waals surface area contributed by atoms with E-state index in [1.165, 1.54) is 22.7 Å². The SMILES string of the molecule is O=C(NCC(O)CN1CCc2ccccc2C1)Nc1ccc2nscc2c1.O=C(O)C(F)(F)F. The molecule has 182 valence electrons. The Balaban J connectivity index is 0.000000406. The number of urea groups is 1. The number of fused-ring (bicyclic) bond motifs is 2. The number of carboxylic acid groups (broad SMARTS) is 1. The fraction of sp³-hybridized carbons (Fsp3) is 0.318. The van der Waals surface area contributed by atoms with E-state index in [0.29, 0.717) is 12.2 Å². The molecule has 1 aromatic heterocycles. The Hall–Kier alpha value is -3.22. The molecule has 4 N–H and O–H groups in total. The number of rotatable bonds is 5. The van der Waals surface area contributed by atoms with Crippen LogP contribution in [0.2, 0.25) is 0 Å². The molecule has 4 rings (SSSR count). The first kappa shape index (κ1) is 25.4. The lowest BCUT2D eigenvalue weighted by molar-refractivity contribution is -0.192. The summed E-state index contributed by atoms with van der Waals surface area (Å²) in [5.74, 6) is -2.76. The van der Waals surface area contributed by atoms with Gasteiger partial charge < -0.3 is 20.8 Å². The second-order valence-corrected chi connectivity index (χ2v) is 8.26. The molecule has 2 amide bonds. The predicted octanol–water partition coefficient (Wildman–Crippen LogP) is 3.47. The number of amides is 2. The molecule has 2 heterocycles. The number of carboxylic acids is 1. The number of aromatic nitrogens is 1. The largest absolute Gasteiger partial charge is 0.490 e. The molecule has 3 aromatic rings. The number of carbonyl (C=O) groups excluding carboxylic acids is 1. The van der Waals surface area contributed by atoms with E-state index in [1.54, 1.807) is 0 Å². The number of hydrogen-bond donors (Lipinski definition) is 4. The molecule has 1 atom stereocenters. The Morgan fingerprint density at radius 3 is 2.59 bits per heavy atom. The molecule has 1 unspecified atom stereocenters. The number of aliphatic hydroxyl groups excluding tert-OH is 1. The minimum absolute atomic E-state index is 0.215. The van der Waals surface area contributed by atoms with E-state index in [2.05, 4.69) is 38.1 Å². The first-order valence-corrected chi connectivity index (χ1v) is 11.1. The van der Waals surface area contributed by atoms with Gasteiger partial charge in [0.2, 0.25) is 0 Å². The van der Waals surface area contributed by atoms with Crippen LogP contribution in [-0.4, -0.2) is 63.4 Å². The summed E-state index contributed by atoms with van der Waals surface area (Å²) in [6.07, 6.45) is -4.69. The Morgan fingerprint density at radius 2 is 1.88 bits per heavy atom. The number of carbonyl (C=O) groups is 2. The Bertz CT molecular complexity index is 1140. The van der Waals surface area contributed by atoms with Crippen molar-refractivity contribution in [3.8, 4) is 0 Å². The van der Waals surface area contributed by atoms with Crippen LogP contribution in [0.1, 0.15) is 11.1 Å². The summed E-state index contributed by atoms with van der Waals surface area (Å²) in [6, 6.07) is 13.7. The van der Waals surface area contributed by atoms with Crippen molar-refractivity contribution in [3.63, 3.8) is 0 Å². The lowest BCUT2D eigenvalue weighted by Gasteiger charge is -2.30. The maximum Gasteiger partial charge on any atom is 0.490 e. The van der Waals surface area contributed by atoms with Crippen LogP contribution in [0.15, 0.2) is 47.8 Å². The van der Waals surface area contributed by atoms with Crippen LogP contribution < -0.4 is 10.6 Å². The van der Waals surface area contributed by atoms with Crippen LogP contribution in [0.3, 0.4) is 0 Å². The second-order valence-electron chi connectivity index (χ2n) is 7.63. The third-order valence-electron chi connectivity index (χ3n) is 5.04. The highest BCUT2D eigenvalue weighted by Crippen LogP contribution is 2.20. The molecule has 34 heavy (non-hydrogen) atoms. The van der Waals surface area contributed by atoms with Gasteiger partial charge in [0.25, 0.3) is 0 Å². The lowest BCUT2D eigenvalue weighted by atomic mass is 10.00. The summed E-state index contributed by atoms with van der Waals surface area (Å²) in [6.45, 7) is 2.52. The normalized spacial score (nSPS) is 14.5. The maximum absolute atomic E-state index is 12.1. The Labute approximate surface area is 197 Å². The maximum atomic E-state index is 12.1. The number of alkyl halides is 3. The second kappa shape index (κ2) is 11.3. The van der Waals surface area contributed by atoms with E-state index in [-0.39, 0.29) is 12.6 Å². The molecule has 0 radical (unpaired) electrons. The third-order valence-corrected chi connectivity index (χ3v) is 5.70. The van der Waals surface area contributed by atoms with Crippen LogP contribution in [0, 0.1) is 0 Å². The fourth-order valence-corrected chi connectivity index (χ4v) is 4.04. The predicted molar refractivity (Wildman–Crippen MR) is 122 cm³/mol. The van der Waals surface area contributed by atoms with E-state index < -0.39 is 18.2 Å². The zero-order valence-electron chi connectivity index (χ0n) is 17.9. The first-order chi connectivity index (χ1) is 16.1. The summed E-state index contributed by atoms with van der Waals surface area (Å²) < 4.78 is 36.0. The molecule has 0 saturated carbocycles. The molecule has 0 aliphatic carbocycles. The quantitative estimate of drug-likeness (QED) is 0.430. The Kier molecular flexibility index (Phi) is 8.42. The third kappa shape index (κ3) is 7.40. The highest BCUT2D eigenvalue weighted by molar-refractivity contribution is 7.04. The van der Waals surface area contributed by atoms with Crippen molar-refractivity contribution in [3.05, 3.63) is 59.0 Å². The van der Waals surface area contributed by atoms with Gasteiger partial charge in [0.1, 0.15) is 0 Å². The van der Waals surface area contributed by atoms with Gasteiger partial charge in [-0.3, -0.25) is 4.90 Å². The lowest BCUT2D eigenvalue weighted by Crippen LogP contribution is -2.42. The Morgan fingerprint density at radius 1 is 1.18 bits per heavy atom. The minimum Gasteiger partial charge on any atom is -0.475 e. The number of anilines is 1. The van der Waals surface area contributed by atoms with Crippen molar-refractivity contribution in [2.75, 3.05) is 25.0 Å². The number of benzene rings is 2. The molecule has 12 heteroatoms. The number of nitrogens with one attached hydrogen (secondary N) is 2. The zero-order valence-corrected chi connectivity index (χ0v) is 18.7. The van der Waals surface area contributed by atoms with E-state index in [0.717, 1.165) is 30.4 Å². The number of hydrogen-bond acceptors (Lipinski definition) is 6. The first-order valence-electron chi connectivity index (χ1n) is 10.3. The van der Waals surface area contributed by atoms with Crippen molar-refractivity contribution in [1.29, 1.82) is 0 Å². The fourth-order valence-electron chi connectivity index (χ4n) is 3.41. The van der Waals surface area contributed by atoms with Crippen LogP contribution in [0.4, 0.5) is 23.7 Å². The summed E-state index contributed by atoms with van der Waals surface area (Å²) in [7, 11) is 0. The van der Waals surface area contributed by atoms with E-state index in [1.807, 2.05) is 29.6 Å². The topological polar surface area (TPSA) is 115 Å². The van der Waals surface area contributed by atoms with E-state index in [9.17, 15) is 23.1 Å². The number of halogens is 3. The van der Waals surface area contributed by atoms with E-state index in [4.69, 9.17) is 9.90 Å². The van der Waals surface area contributed by atoms with Gasteiger partial charge >= 0.3 is 18.2 Å². The van der Waals surface area contributed by atoms with Crippen LogP contribution in [0.25, 0.3) is 10.9 Å². The average Bonchev–Trinajstić information content (AvgIpc) is 3.25. The average molecular weight is 497 g/mol. The van der Waals surface area contributed by atoms with Crippen molar-refractivity contribution in [2.45, 2.75) is 25.2 Å². The standard InChI is InChI=1S/C20H22N4O2S.C2HF3O2/c25-18(12-24-8-7-14-3-1-2-4-15(14)11-24)10-21-20(26)22-17-5-6-19-16(9-17)13-27-23-19;3-2(4,5)1(6)7/h1-6,9,13,18,25H,7-8,10-12H2,(H2,21,22,26);(H,6,7). The molecule has 1 aliphatic heterocycles. The van der Waals surface area contributed by atoms with Gasteiger partial charge in [-0.15, -0.1) is 0 Å². The molecular formula is C22H23F3N4O4S. The van der Waals surface area contributed by atoms with Gasteiger partial charge in [0.05, 0.1) is 11.6 Å². The summed E-state index contributed by atoms with van der Waals surface area (Å²) in [5, 5.41) is 25.9. The van der Waals surface area contributed by atoms with Gasteiger partial charge in [-0.2, -0.15) is 17.5 Å². The van der Waals surface area contributed by atoms with Gasteiger partial charge in [-0.25, -0.2) is 9.59 Å². The van der Waals surface area contributed by atoms with Crippen LogP contribution >= 0.6 is 11.5 Å². The highest BCUT2D eigenvalue weighted by Gasteiger charge is 2.38. The van der Waals surface area contributed by atoms with Gasteiger partial charge in [-0.05, 0) is 47.3 Å². The number of aliphatic hydroxyl groups is 1. The zero-order chi connectivity index (χ0) is 24.7. The van der Waals surface area contributed by atoms with Gasteiger partial charge in [-0.1, -0.05) is 24.3 Å². The van der Waals surface area contributed by atoms with Crippen molar-refractivity contribution < 1.29 is 33.0 Å². The van der Waals surface area contributed by atoms with Gasteiger partial charge in [0, 0.05) is 42.6 Å². The monoisotopic (exact) mass is 496 g/mol. The minimum atomic E-state index is -5.08. The molecule has 0 spiro atoms. The highest BCUT2D eigenvalue weighted by atomic mass is 32.1. The van der Waals surface area contributed by atoms with Crippen molar-refractivity contribution in [1.82, 2.24) is 14.6 Å². The van der Waals surface area contributed by atoms with Gasteiger partial charge in [0.15, 0.2) is 0 Å². The van der Waals surface area contributed by atoms with Crippen LogP contribution in [-0.2, 0) is 17.8 Å². The molecule has 0 bridgehead atoms. The molecule has 0 fully saturated rings. The molecule has 2 aromatic carbocycles. The summed E-state index contributed by atoms with van der Waals surface area (Å²) >= 11 is 1.39. The number of nitrogens with zero attached hydrogens (tertiary/aromatic N) is 2.